The van der Waals surface area contributed by atoms with E-state index in [1.807, 2.05) is 12.1 Å². The van der Waals surface area contributed by atoms with E-state index < -0.39 is 11.7 Å². The van der Waals surface area contributed by atoms with Crippen molar-refractivity contribution in [2.24, 2.45) is 0 Å². The van der Waals surface area contributed by atoms with Gasteiger partial charge in [-0.3, -0.25) is 4.98 Å². The molecule has 0 radical (unpaired) electrons. The quantitative estimate of drug-likeness (QED) is 0.563. The first-order chi connectivity index (χ1) is 11.6. The number of hydrogen-bond acceptors (Lipinski definition) is 7. The van der Waals surface area contributed by atoms with Gasteiger partial charge in [-0.2, -0.15) is 14.9 Å². The molecule has 0 bridgehead atoms. The Hall–Kier alpha value is -3.12. The Kier molecular flexibility index (Phi) is 4.31. The van der Waals surface area contributed by atoms with Gasteiger partial charge in [-0.25, -0.2) is 14.6 Å². The maximum absolute atomic E-state index is 12.0. The largest absolute Gasteiger partial charge is 0.465 e. The predicted octanol–water partition coefficient (Wildman–Crippen LogP) is 1.37. The van der Waals surface area contributed by atoms with Gasteiger partial charge in [0.15, 0.2) is 10.8 Å². The van der Waals surface area contributed by atoms with Crippen LogP contribution in [0.2, 0.25) is 0 Å². The third-order valence-corrected chi connectivity index (χ3v) is 4.19. The zero-order chi connectivity index (χ0) is 17.1. The van der Waals surface area contributed by atoms with Gasteiger partial charge in [-0.15, -0.1) is 0 Å². The molecule has 0 fully saturated rings. The van der Waals surface area contributed by atoms with Gasteiger partial charge in [0.2, 0.25) is 0 Å². The molecule has 0 atom stereocenters. The number of carbonyl (C=O) groups excluding carboxylic acids is 1. The van der Waals surface area contributed by atoms with Gasteiger partial charge in [0.05, 0.1) is 18.9 Å². The van der Waals surface area contributed by atoms with Gasteiger partial charge in [0.25, 0.3) is 0 Å². The Labute approximate surface area is 140 Å². The van der Waals surface area contributed by atoms with Crippen LogP contribution in [0.15, 0.2) is 40.4 Å². The van der Waals surface area contributed by atoms with Crippen molar-refractivity contribution in [3.63, 3.8) is 0 Å². The maximum Gasteiger partial charge on any atom is 0.350 e. The molecule has 1 N–H and O–H groups in total. The first-order valence-electron chi connectivity index (χ1n) is 6.81. The summed E-state index contributed by atoms with van der Waals surface area (Å²) in [6.07, 6.45) is 1.29. The van der Waals surface area contributed by atoms with Crippen molar-refractivity contribution in [2.45, 2.75) is 10.9 Å². The van der Waals surface area contributed by atoms with Crippen LogP contribution in [0, 0.1) is 11.3 Å². The van der Waals surface area contributed by atoms with Crippen molar-refractivity contribution >= 4 is 23.4 Å². The number of esters is 1. The van der Waals surface area contributed by atoms with Crippen molar-refractivity contribution in [3.05, 3.63) is 57.6 Å². The number of benzene rings is 1. The molecule has 0 aliphatic rings. The van der Waals surface area contributed by atoms with Gasteiger partial charge in [0, 0.05) is 5.75 Å². The SMILES string of the molecule is COC(=O)c1ccccc1CSc1nc2c(C#N)cnn2c(=O)[nH]1. The molecule has 9 heteroatoms. The lowest BCUT2D eigenvalue weighted by Crippen LogP contribution is -2.19. The molecule has 1 aromatic carbocycles. The predicted molar refractivity (Wildman–Crippen MR) is 85.7 cm³/mol. The molecule has 120 valence electrons. The van der Waals surface area contributed by atoms with Crippen LogP contribution in [-0.4, -0.2) is 32.7 Å². The number of H-pyrrole nitrogens is 1. The van der Waals surface area contributed by atoms with E-state index in [2.05, 4.69) is 15.1 Å². The smallest absolute Gasteiger partial charge is 0.350 e. The Morgan fingerprint density at radius 3 is 3.00 bits per heavy atom. The van der Waals surface area contributed by atoms with Crippen molar-refractivity contribution < 1.29 is 9.53 Å². The highest BCUT2D eigenvalue weighted by molar-refractivity contribution is 7.98. The number of nitrogens with zero attached hydrogens (tertiary/aromatic N) is 4. The molecule has 3 rings (SSSR count). The van der Waals surface area contributed by atoms with Crippen molar-refractivity contribution in [3.8, 4) is 6.07 Å². The number of nitriles is 1. The summed E-state index contributed by atoms with van der Waals surface area (Å²) in [5.41, 5.74) is 1.15. The lowest BCUT2D eigenvalue weighted by molar-refractivity contribution is 0.0600. The summed E-state index contributed by atoms with van der Waals surface area (Å²) in [5.74, 6) is -0.0221. The lowest BCUT2D eigenvalue weighted by Gasteiger charge is -2.07. The fourth-order valence-corrected chi connectivity index (χ4v) is 2.97. The van der Waals surface area contributed by atoms with E-state index in [0.29, 0.717) is 16.5 Å². The van der Waals surface area contributed by atoms with Gasteiger partial charge in [0.1, 0.15) is 11.6 Å². The fraction of sp³-hybridized carbons (Fsp3) is 0.133. The molecule has 24 heavy (non-hydrogen) atoms. The van der Waals surface area contributed by atoms with E-state index in [9.17, 15) is 9.59 Å². The van der Waals surface area contributed by atoms with Gasteiger partial charge in [-0.1, -0.05) is 30.0 Å². The molecule has 0 aliphatic heterocycles. The number of carbonyl (C=O) groups is 1. The summed E-state index contributed by atoms with van der Waals surface area (Å²) in [6, 6.07) is 8.97. The first kappa shape index (κ1) is 15.8. The number of rotatable bonds is 4. The van der Waals surface area contributed by atoms with Crippen LogP contribution in [0.1, 0.15) is 21.5 Å². The molecular weight excluding hydrogens is 330 g/mol. The molecule has 2 aromatic heterocycles. The van der Waals surface area contributed by atoms with E-state index in [4.69, 9.17) is 10.00 Å². The van der Waals surface area contributed by atoms with Crippen molar-refractivity contribution in [1.29, 1.82) is 5.26 Å². The Morgan fingerprint density at radius 2 is 2.25 bits per heavy atom. The highest BCUT2D eigenvalue weighted by atomic mass is 32.2. The number of aromatic amines is 1. The third-order valence-electron chi connectivity index (χ3n) is 3.27. The number of hydrogen-bond donors (Lipinski definition) is 1. The van der Waals surface area contributed by atoms with Gasteiger partial charge < -0.3 is 4.74 Å². The fourth-order valence-electron chi connectivity index (χ4n) is 2.12. The van der Waals surface area contributed by atoms with Crippen LogP contribution in [0.4, 0.5) is 0 Å². The molecule has 0 aliphatic carbocycles. The topological polar surface area (TPSA) is 113 Å². The standard InChI is InChI=1S/C15H11N5O3S/c1-23-13(21)11-5-3-2-4-9(11)8-24-14-18-12-10(6-16)7-17-20(12)15(22)19-14/h2-5,7H,8H2,1H3,(H,18,19,22). The average molecular weight is 341 g/mol. The zero-order valence-electron chi connectivity index (χ0n) is 12.5. The highest BCUT2D eigenvalue weighted by Crippen LogP contribution is 2.22. The molecule has 0 unspecified atom stereocenters. The number of thioether (sulfide) groups is 1. The lowest BCUT2D eigenvalue weighted by atomic mass is 10.1. The van der Waals surface area contributed by atoms with Crippen LogP contribution in [-0.2, 0) is 10.5 Å². The van der Waals surface area contributed by atoms with Crippen LogP contribution in [0.5, 0.6) is 0 Å². The molecule has 0 saturated carbocycles. The zero-order valence-corrected chi connectivity index (χ0v) is 13.3. The average Bonchev–Trinajstić information content (AvgIpc) is 3.03. The number of fused-ring (bicyclic) bond motifs is 1. The second-order valence-electron chi connectivity index (χ2n) is 4.69. The first-order valence-corrected chi connectivity index (χ1v) is 7.79. The molecule has 8 nitrogen and oxygen atoms in total. The van der Waals surface area contributed by atoms with Crippen LogP contribution >= 0.6 is 11.8 Å². The summed E-state index contributed by atoms with van der Waals surface area (Å²) in [6.45, 7) is 0. The van der Waals surface area contributed by atoms with E-state index >= 15 is 0 Å². The minimum atomic E-state index is -0.481. The molecule has 3 aromatic rings. The summed E-state index contributed by atoms with van der Waals surface area (Å²) >= 11 is 1.24. The maximum atomic E-state index is 12.0. The third kappa shape index (κ3) is 2.87. The van der Waals surface area contributed by atoms with Crippen LogP contribution < -0.4 is 5.69 Å². The molecule has 0 spiro atoms. The number of aromatic nitrogens is 4. The molecule has 0 saturated heterocycles. The highest BCUT2D eigenvalue weighted by Gasteiger charge is 2.13. The molecular formula is C15H11N5O3S. The van der Waals surface area contributed by atoms with Crippen LogP contribution in [0.3, 0.4) is 0 Å². The molecule has 2 heterocycles. The Morgan fingerprint density at radius 1 is 1.46 bits per heavy atom. The minimum Gasteiger partial charge on any atom is -0.465 e. The van der Waals surface area contributed by atoms with E-state index in [0.717, 1.165) is 10.1 Å². The number of methoxy groups -OCH3 is 1. The summed E-state index contributed by atoms with van der Waals surface area (Å²) in [7, 11) is 1.32. The monoisotopic (exact) mass is 341 g/mol. The summed E-state index contributed by atoms with van der Waals surface area (Å²) in [5, 5.41) is 13.2. The van der Waals surface area contributed by atoms with Gasteiger partial charge in [-0.05, 0) is 11.6 Å². The minimum absolute atomic E-state index is 0.199. The normalized spacial score (nSPS) is 10.5. The van der Waals surface area contributed by atoms with E-state index in [1.54, 1.807) is 18.2 Å². The Bertz CT molecular complexity index is 1020. The van der Waals surface area contributed by atoms with Gasteiger partial charge >= 0.3 is 11.7 Å². The summed E-state index contributed by atoms with van der Waals surface area (Å²) < 4.78 is 5.79. The van der Waals surface area contributed by atoms with Crippen LogP contribution in [0.25, 0.3) is 5.65 Å². The second-order valence-corrected chi connectivity index (χ2v) is 5.65. The second kappa shape index (κ2) is 6.55. The molecule has 0 amide bonds. The summed E-state index contributed by atoms with van der Waals surface area (Å²) in [4.78, 5) is 30.6. The number of ether oxygens (including phenoxy) is 1. The Balaban J connectivity index is 1.91. The van der Waals surface area contributed by atoms with Crippen molar-refractivity contribution in [2.75, 3.05) is 7.11 Å². The van der Waals surface area contributed by atoms with E-state index in [1.165, 1.54) is 25.1 Å². The van der Waals surface area contributed by atoms with E-state index in [-0.39, 0.29) is 11.2 Å². The van der Waals surface area contributed by atoms with Crippen molar-refractivity contribution in [1.82, 2.24) is 19.6 Å². The number of nitrogens with one attached hydrogen (secondary N) is 1.